The van der Waals surface area contributed by atoms with Crippen LogP contribution >= 0.6 is 24.2 Å². The van der Waals surface area contributed by atoms with Gasteiger partial charge in [-0.05, 0) is 26.7 Å². The number of likely N-dealkylation sites (tertiary alicyclic amines) is 1. The van der Waals surface area contributed by atoms with Gasteiger partial charge in [0, 0.05) is 17.8 Å². The molecule has 1 amide bonds. The van der Waals surface area contributed by atoms with Crippen LogP contribution in [0.5, 0.6) is 0 Å². The molecule has 0 aromatic rings. The van der Waals surface area contributed by atoms with Crippen molar-refractivity contribution >= 4 is 42.4 Å². The van der Waals surface area contributed by atoms with Gasteiger partial charge < -0.3 is 14.9 Å². The molecule has 0 spiro atoms. The highest BCUT2D eigenvalue weighted by Gasteiger charge is 2.63. The van der Waals surface area contributed by atoms with E-state index >= 15 is 0 Å². The van der Waals surface area contributed by atoms with Crippen LogP contribution in [0.25, 0.3) is 0 Å². The van der Waals surface area contributed by atoms with Gasteiger partial charge in [0.25, 0.3) is 5.91 Å². The maximum absolute atomic E-state index is 12.3. The number of β-lactam (4-membered cyclic amide) rings is 1. The molecule has 0 unspecified atom stereocenters. The van der Waals surface area contributed by atoms with Gasteiger partial charge in [0.1, 0.15) is 11.4 Å². The maximum atomic E-state index is 12.3. The van der Waals surface area contributed by atoms with Gasteiger partial charge in [-0.2, -0.15) is 0 Å². The quantitative estimate of drug-likeness (QED) is 0.471. The Morgan fingerprint density at radius 2 is 1.91 bits per heavy atom. The molecule has 0 saturated carbocycles. The van der Waals surface area contributed by atoms with Crippen LogP contribution in [0.15, 0.2) is 4.99 Å². The van der Waals surface area contributed by atoms with E-state index < -0.39 is 22.8 Å². The molecule has 0 aromatic heterocycles. The Morgan fingerprint density at radius 1 is 1.30 bits per heavy atom. The number of aliphatic imine (C=N–C) groups is 1. The van der Waals surface area contributed by atoms with Crippen molar-refractivity contribution in [3.63, 3.8) is 0 Å². The number of carboxylic acids is 1. The first-order valence-corrected chi connectivity index (χ1v) is 8.80. The van der Waals surface area contributed by atoms with E-state index in [1.165, 1.54) is 30.6 Å². The predicted octanol–water partition coefficient (Wildman–Crippen LogP) is 1.83. The summed E-state index contributed by atoms with van der Waals surface area (Å²) in [5.74, 6) is -1.08. The van der Waals surface area contributed by atoms with Crippen LogP contribution in [-0.2, 0) is 9.59 Å². The third-order valence-corrected chi connectivity index (χ3v) is 6.24. The van der Waals surface area contributed by atoms with Crippen LogP contribution < -0.4 is 0 Å². The fourth-order valence-corrected chi connectivity index (χ4v) is 5.13. The molecule has 0 bridgehead atoms. The zero-order valence-corrected chi connectivity index (χ0v) is 15.1. The number of hydrogen-bond acceptors (Lipinski definition) is 4. The number of rotatable bonds is 3. The average molecular weight is 362 g/mol. The van der Waals surface area contributed by atoms with Crippen molar-refractivity contribution in [2.24, 2.45) is 4.99 Å². The molecule has 1 N–H and O–H groups in total. The van der Waals surface area contributed by atoms with Crippen LogP contribution in [0.1, 0.15) is 39.5 Å². The highest BCUT2D eigenvalue weighted by Crippen LogP contribution is 2.51. The minimum Gasteiger partial charge on any atom is -0.480 e. The minimum atomic E-state index is -0.928. The number of aliphatic carboxylic acids is 1. The smallest absolute Gasteiger partial charge is 0.327 e. The third-order valence-electron chi connectivity index (χ3n) is 4.68. The molecule has 8 heteroatoms. The van der Waals surface area contributed by atoms with Crippen molar-refractivity contribution < 1.29 is 14.7 Å². The van der Waals surface area contributed by atoms with Crippen LogP contribution in [-0.4, -0.2) is 68.4 Å². The van der Waals surface area contributed by atoms with Crippen LogP contribution in [0.3, 0.4) is 0 Å². The summed E-state index contributed by atoms with van der Waals surface area (Å²) < 4.78 is -0.473. The lowest BCUT2D eigenvalue weighted by Crippen LogP contribution is -2.65. The number of carbonyl (C=O) groups excluding carboxylic acids is 1. The molecule has 3 aliphatic rings. The molecule has 0 radical (unpaired) electrons. The summed E-state index contributed by atoms with van der Waals surface area (Å²) >= 11 is 1.55. The highest BCUT2D eigenvalue weighted by atomic mass is 35.5. The number of thioether (sulfide) groups is 1. The van der Waals surface area contributed by atoms with Gasteiger partial charge in [-0.1, -0.05) is 12.8 Å². The van der Waals surface area contributed by atoms with E-state index in [9.17, 15) is 14.7 Å². The number of carbonyl (C=O) groups is 2. The molecule has 3 rings (SSSR count). The van der Waals surface area contributed by atoms with Crippen LogP contribution in [0.4, 0.5) is 0 Å². The van der Waals surface area contributed by atoms with Crippen LogP contribution in [0.2, 0.25) is 0 Å². The molecule has 3 aliphatic heterocycles. The molecule has 3 fully saturated rings. The van der Waals surface area contributed by atoms with Gasteiger partial charge in [0.05, 0.1) is 6.34 Å². The molecule has 6 nitrogen and oxygen atoms in total. The Bertz CT molecular complexity index is 506. The summed E-state index contributed by atoms with van der Waals surface area (Å²) in [6.07, 6.45) is 6.67. The predicted molar refractivity (Wildman–Crippen MR) is 93.3 cm³/mol. The van der Waals surface area contributed by atoms with E-state index in [1.807, 2.05) is 20.2 Å². The maximum Gasteiger partial charge on any atom is 0.327 e. The topological polar surface area (TPSA) is 73.2 Å². The van der Waals surface area contributed by atoms with Crippen molar-refractivity contribution in [1.29, 1.82) is 0 Å². The molecule has 3 atom stereocenters. The second kappa shape index (κ2) is 6.89. The number of nitrogens with zero attached hydrogens (tertiary/aromatic N) is 3. The Hall–Kier alpha value is -0.950. The lowest BCUT2D eigenvalue weighted by atomic mass is 9.96. The van der Waals surface area contributed by atoms with E-state index in [2.05, 4.69) is 9.89 Å². The molecule has 3 heterocycles. The number of carboxylic acid groups (broad SMARTS) is 1. The van der Waals surface area contributed by atoms with Crippen molar-refractivity contribution in [3.8, 4) is 0 Å². The SMILES string of the molecule is CC1(C)S[C@@H]2[C@H](N=CN3CCCCCC3)C(=O)N2[C@H]1C(=O)O.Cl. The number of amides is 1. The number of halogens is 1. The van der Waals surface area contributed by atoms with Gasteiger partial charge in [0.15, 0.2) is 6.04 Å². The molecule has 130 valence electrons. The Morgan fingerprint density at radius 3 is 2.48 bits per heavy atom. The largest absolute Gasteiger partial charge is 0.480 e. The first-order valence-electron chi connectivity index (χ1n) is 7.92. The number of fused-ring (bicyclic) bond motifs is 1. The van der Waals surface area contributed by atoms with Crippen LogP contribution in [0, 0.1) is 0 Å². The van der Waals surface area contributed by atoms with E-state index in [0.29, 0.717) is 0 Å². The summed E-state index contributed by atoms with van der Waals surface area (Å²) in [6, 6.07) is -1.17. The average Bonchev–Trinajstić information content (AvgIpc) is 2.60. The van der Waals surface area contributed by atoms with Gasteiger partial charge in [-0.25, -0.2) is 4.79 Å². The fourth-order valence-electron chi connectivity index (χ4n) is 3.51. The Labute approximate surface area is 147 Å². The monoisotopic (exact) mass is 361 g/mol. The Kier molecular flexibility index (Phi) is 5.51. The van der Waals surface area contributed by atoms with Gasteiger partial charge in [0.2, 0.25) is 0 Å². The molecule has 23 heavy (non-hydrogen) atoms. The van der Waals surface area contributed by atoms with Gasteiger partial charge >= 0.3 is 5.97 Å². The fraction of sp³-hybridized carbons (Fsp3) is 0.800. The van der Waals surface area contributed by atoms with Gasteiger partial charge in [-0.15, -0.1) is 24.2 Å². The third kappa shape index (κ3) is 3.31. The zero-order valence-electron chi connectivity index (χ0n) is 13.5. The second-order valence-corrected chi connectivity index (χ2v) is 8.53. The summed E-state index contributed by atoms with van der Waals surface area (Å²) in [5.41, 5.74) is 0. The molecule has 0 aliphatic carbocycles. The van der Waals surface area contributed by atoms with E-state index in [4.69, 9.17) is 0 Å². The van der Waals surface area contributed by atoms with Crippen molar-refractivity contribution in [1.82, 2.24) is 9.80 Å². The zero-order chi connectivity index (χ0) is 15.9. The summed E-state index contributed by atoms with van der Waals surface area (Å²) in [6.45, 7) is 5.76. The first kappa shape index (κ1) is 18.4. The minimum absolute atomic E-state index is 0. The van der Waals surface area contributed by atoms with Gasteiger partial charge in [-0.3, -0.25) is 9.79 Å². The number of hydrogen-bond donors (Lipinski definition) is 1. The molecule has 3 saturated heterocycles. The molecule has 0 aromatic carbocycles. The van der Waals surface area contributed by atoms with Crippen molar-refractivity contribution in [3.05, 3.63) is 0 Å². The lowest BCUT2D eigenvalue weighted by molar-refractivity contribution is -0.158. The van der Waals surface area contributed by atoms with Crippen molar-refractivity contribution in [2.75, 3.05) is 13.1 Å². The highest BCUT2D eigenvalue weighted by molar-refractivity contribution is 8.01. The normalized spacial score (nSPS) is 33.0. The van der Waals surface area contributed by atoms with E-state index in [-0.39, 0.29) is 23.7 Å². The van der Waals surface area contributed by atoms with E-state index in [1.54, 1.807) is 11.8 Å². The molecular formula is C15H24ClN3O3S. The standard InChI is InChI=1S/C15H23N3O3S.ClH/c1-15(2)11(14(20)21)18-12(19)10(13(18)22-15)16-9-17-7-5-3-4-6-8-17;/h9-11,13H,3-8H2,1-2H3,(H,20,21);1H/t10-,11+,13-;/m1./s1. The Balaban J connectivity index is 0.00000192. The molecular weight excluding hydrogens is 338 g/mol. The first-order chi connectivity index (χ1) is 10.4. The second-order valence-electron chi connectivity index (χ2n) is 6.76. The lowest BCUT2D eigenvalue weighted by Gasteiger charge is -2.41. The van der Waals surface area contributed by atoms with Crippen molar-refractivity contribution in [2.45, 2.75) is 61.7 Å². The summed E-state index contributed by atoms with van der Waals surface area (Å²) in [4.78, 5) is 31.9. The summed E-state index contributed by atoms with van der Waals surface area (Å²) in [7, 11) is 0. The summed E-state index contributed by atoms with van der Waals surface area (Å²) in [5, 5.41) is 9.25. The van der Waals surface area contributed by atoms with E-state index in [0.717, 1.165) is 13.1 Å².